The number of rotatable bonds is 4. The molecule has 138 valence electrons. The van der Waals surface area contributed by atoms with Crippen molar-refractivity contribution in [1.29, 1.82) is 0 Å². The van der Waals surface area contributed by atoms with Gasteiger partial charge in [0.05, 0.1) is 6.26 Å². The number of ether oxygens (including phenoxy) is 2. The quantitative estimate of drug-likeness (QED) is 0.888. The number of carbonyl (C=O) groups excluding carboxylic acids is 1. The van der Waals surface area contributed by atoms with Gasteiger partial charge in [-0.3, -0.25) is 9.69 Å². The average Bonchev–Trinajstić information content (AvgIpc) is 3.23. The van der Waals surface area contributed by atoms with Crippen molar-refractivity contribution in [3.05, 3.63) is 48.4 Å². The summed E-state index contributed by atoms with van der Waals surface area (Å²) in [5.74, 6) is 1.80. The molecule has 0 bridgehead atoms. The van der Waals surface area contributed by atoms with E-state index in [2.05, 4.69) is 4.90 Å². The van der Waals surface area contributed by atoms with E-state index in [1.807, 2.05) is 24.3 Å². The molecule has 1 N–H and O–H groups in total. The Labute approximate surface area is 151 Å². The van der Waals surface area contributed by atoms with Crippen molar-refractivity contribution in [3.63, 3.8) is 0 Å². The predicted molar refractivity (Wildman–Crippen MR) is 93.0 cm³/mol. The molecule has 1 saturated heterocycles. The van der Waals surface area contributed by atoms with Crippen molar-refractivity contribution in [2.24, 2.45) is 0 Å². The number of aliphatic hydroxyl groups is 1. The monoisotopic (exact) mass is 358 g/mol. The van der Waals surface area contributed by atoms with E-state index in [9.17, 15) is 9.90 Å². The third-order valence-corrected chi connectivity index (χ3v) is 4.77. The lowest BCUT2D eigenvalue weighted by Crippen LogP contribution is -2.54. The minimum Gasteiger partial charge on any atom is -0.485 e. The number of hydrogen-bond donors (Lipinski definition) is 1. The van der Waals surface area contributed by atoms with Gasteiger partial charge in [-0.05, 0) is 24.3 Å². The second-order valence-corrected chi connectivity index (χ2v) is 6.52. The Hall–Kier alpha value is -2.51. The number of furan rings is 1. The van der Waals surface area contributed by atoms with E-state index >= 15 is 0 Å². The summed E-state index contributed by atoms with van der Waals surface area (Å²) in [7, 11) is 0. The second-order valence-electron chi connectivity index (χ2n) is 6.52. The van der Waals surface area contributed by atoms with Gasteiger partial charge in [-0.2, -0.15) is 0 Å². The van der Waals surface area contributed by atoms with Gasteiger partial charge < -0.3 is 23.9 Å². The van der Waals surface area contributed by atoms with Gasteiger partial charge in [-0.15, -0.1) is 0 Å². The first kappa shape index (κ1) is 16.9. The number of nitrogens with zero attached hydrogens (tertiary/aromatic N) is 2. The largest absolute Gasteiger partial charge is 0.485 e. The molecular formula is C19H22N2O5. The maximum Gasteiger partial charge on any atom is 0.267 e. The molecule has 2 aliphatic rings. The van der Waals surface area contributed by atoms with Crippen LogP contribution in [0.5, 0.6) is 11.5 Å². The number of hydrogen-bond acceptors (Lipinski definition) is 6. The highest BCUT2D eigenvalue weighted by Gasteiger charge is 2.33. The fourth-order valence-corrected chi connectivity index (χ4v) is 3.31. The van der Waals surface area contributed by atoms with Gasteiger partial charge >= 0.3 is 0 Å². The Morgan fingerprint density at radius 3 is 2.62 bits per heavy atom. The summed E-state index contributed by atoms with van der Waals surface area (Å²) in [4.78, 5) is 16.6. The number of β-amino-alcohol motifs (C(OH)–C–C–N with tert-alkyl or cyclic N) is 1. The number of fused-ring (bicyclic) bond motifs is 1. The highest BCUT2D eigenvalue weighted by molar-refractivity contribution is 5.82. The summed E-state index contributed by atoms with van der Waals surface area (Å²) in [5.41, 5.74) is 0. The Morgan fingerprint density at radius 2 is 1.88 bits per heavy atom. The Bertz CT molecular complexity index is 740. The molecule has 3 heterocycles. The van der Waals surface area contributed by atoms with E-state index in [0.717, 1.165) is 0 Å². The second kappa shape index (κ2) is 7.39. The fourth-order valence-electron chi connectivity index (χ4n) is 3.31. The van der Waals surface area contributed by atoms with Crippen molar-refractivity contribution < 1.29 is 23.8 Å². The molecule has 2 atom stereocenters. The Balaban J connectivity index is 1.29. The lowest BCUT2D eigenvalue weighted by Gasteiger charge is -2.37. The minimum absolute atomic E-state index is 0.0502. The van der Waals surface area contributed by atoms with E-state index in [1.54, 1.807) is 23.3 Å². The van der Waals surface area contributed by atoms with Crippen molar-refractivity contribution >= 4 is 5.91 Å². The van der Waals surface area contributed by atoms with E-state index in [4.69, 9.17) is 13.9 Å². The molecule has 0 radical (unpaired) electrons. The predicted octanol–water partition coefficient (Wildman–Crippen LogP) is 1.30. The smallest absolute Gasteiger partial charge is 0.267 e. The van der Waals surface area contributed by atoms with Crippen LogP contribution in [-0.4, -0.2) is 66.2 Å². The molecule has 0 aliphatic carbocycles. The standard InChI is InChI=1S/C19H22N2O5/c22-14(15-6-3-11-24-15)12-20-7-9-21(10-8-20)19(23)18-13-25-16-4-1-2-5-17(16)26-18/h1-6,11,14,18,22H,7-10,12-13H2/t14-,18-/m1/s1. The Morgan fingerprint density at radius 1 is 1.12 bits per heavy atom. The average molecular weight is 358 g/mol. The van der Waals surface area contributed by atoms with Crippen LogP contribution >= 0.6 is 0 Å². The molecular weight excluding hydrogens is 336 g/mol. The molecule has 2 aromatic rings. The maximum atomic E-state index is 12.7. The normalized spacial score (nSPS) is 21.4. The summed E-state index contributed by atoms with van der Waals surface area (Å²) < 4.78 is 16.7. The van der Waals surface area contributed by atoms with E-state index in [0.29, 0.717) is 50.0 Å². The Kier molecular flexibility index (Phi) is 4.81. The topological polar surface area (TPSA) is 75.4 Å². The SMILES string of the molecule is O=C([C@H]1COc2ccccc2O1)N1CCN(C[C@@H](O)c2ccco2)CC1. The molecule has 2 aliphatic heterocycles. The number of amides is 1. The van der Waals surface area contributed by atoms with Crippen LogP contribution in [0.15, 0.2) is 47.1 Å². The third-order valence-electron chi connectivity index (χ3n) is 4.77. The molecule has 0 saturated carbocycles. The number of aliphatic hydroxyl groups excluding tert-OH is 1. The van der Waals surface area contributed by atoms with Crippen LogP contribution in [0, 0.1) is 0 Å². The zero-order chi connectivity index (χ0) is 17.9. The third kappa shape index (κ3) is 3.54. The van der Waals surface area contributed by atoms with Crippen molar-refractivity contribution in [3.8, 4) is 11.5 Å². The minimum atomic E-state index is -0.654. The first-order chi connectivity index (χ1) is 12.7. The van der Waals surface area contributed by atoms with Crippen LogP contribution in [0.1, 0.15) is 11.9 Å². The van der Waals surface area contributed by atoms with E-state index < -0.39 is 12.2 Å². The van der Waals surface area contributed by atoms with Gasteiger partial charge in [0.15, 0.2) is 11.5 Å². The highest BCUT2D eigenvalue weighted by atomic mass is 16.6. The number of carbonyl (C=O) groups is 1. The first-order valence-electron chi connectivity index (χ1n) is 8.82. The van der Waals surface area contributed by atoms with Gasteiger partial charge in [0.1, 0.15) is 18.5 Å². The van der Waals surface area contributed by atoms with Crippen LogP contribution in [-0.2, 0) is 4.79 Å². The molecule has 7 heteroatoms. The van der Waals surface area contributed by atoms with Crippen LogP contribution < -0.4 is 9.47 Å². The van der Waals surface area contributed by atoms with Gasteiger partial charge in [0.2, 0.25) is 6.10 Å². The lowest BCUT2D eigenvalue weighted by molar-refractivity contribution is -0.143. The summed E-state index contributed by atoms with van der Waals surface area (Å²) in [5, 5.41) is 10.2. The number of benzene rings is 1. The maximum absolute atomic E-state index is 12.7. The fraction of sp³-hybridized carbons (Fsp3) is 0.421. The van der Waals surface area contributed by atoms with E-state index in [-0.39, 0.29) is 12.5 Å². The van der Waals surface area contributed by atoms with Gasteiger partial charge in [-0.1, -0.05) is 12.1 Å². The zero-order valence-corrected chi connectivity index (χ0v) is 14.4. The van der Waals surface area contributed by atoms with Crippen molar-refractivity contribution in [2.75, 3.05) is 39.3 Å². The molecule has 0 spiro atoms. The molecule has 1 aromatic carbocycles. The number of para-hydroxylation sites is 2. The molecule has 1 fully saturated rings. The molecule has 1 amide bonds. The van der Waals surface area contributed by atoms with E-state index in [1.165, 1.54) is 0 Å². The molecule has 26 heavy (non-hydrogen) atoms. The molecule has 1 aromatic heterocycles. The first-order valence-corrected chi connectivity index (χ1v) is 8.82. The summed E-state index contributed by atoms with van der Waals surface area (Å²) in [6.45, 7) is 3.33. The van der Waals surface area contributed by atoms with Crippen LogP contribution in [0.3, 0.4) is 0 Å². The summed E-state index contributed by atoms with van der Waals surface area (Å²) >= 11 is 0. The van der Waals surface area contributed by atoms with Gasteiger partial charge in [-0.25, -0.2) is 0 Å². The zero-order valence-electron chi connectivity index (χ0n) is 14.4. The lowest BCUT2D eigenvalue weighted by atomic mass is 10.2. The molecule has 0 unspecified atom stereocenters. The van der Waals surface area contributed by atoms with Crippen LogP contribution in [0.2, 0.25) is 0 Å². The number of piperazine rings is 1. The molecule has 4 rings (SSSR count). The molecule has 7 nitrogen and oxygen atoms in total. The highest BCUT2D eigenvalue weighted by Crippen LogP contribution is 2.31. The van der Waals surface area contributed by atoms with Crippen molar-refractivity contribution in [1.82, 2.24) is 9.80 Å². The van der Waals surface area contributed by atoms with Gasteiger partial charge in [0.25, 0.3) is 5.91 Å². The van der Waals surface area contributed by atoms with Crippen molar-refractivity contribution in [2.45, 2.75) is 12.2 Å². The van der Waals surface area contributed by atoms with Crippen LogP contribution in [0.25, 0.3) is 0 Å². The van der Waals surface area contributed by atoms with Crippen LogP contribution in [0.4, 0.5) is 0 Å². The van der Waals surface area contributed by atoms with Gasteiger partial charge in [0, 0.05) is 32.7 Å². The summed E-state index contributed by atoms with van der Waals surface area (Å²) in [6, 6.07) is 10.9. The summed E-state index contributed by atoms with van der Waals surface area (Å²) in [6.07, 6.45) is 0.295.